The number of Topliss-reactive ketones (excluding diaryl/α,β-unsaturated/α-hetero) is 1. The van der Waals surface area contributed by atoms with Crippen molar-refractivity contribution in [2.45, 2.75) is 45.7 Å². The van der Waals surface area contributed by atoms with Crippen molar-refractivity contribution in [1.82, 2.24) is 25.4 Å². The quantitative estimate of drug-likeness (QED) is 0.287. The minimum Gasteiger partial charge on any atom is -0.406 e. The van der Waals surface area contributed by atoms with Crippen LogP contribution in [-0.4, -0.2) is 52.3 Å². The lowest BCUT2D eigenvalue weighted by atomic mass is 9.88. The molecule has 0 spiro atoms. The molecule has 1 aromatic heterocycles. The summed E-state index contributed by atoms with van der Waals surface area (Å²) in [5, 5.41) is 9.79. The van der Waals surface area contributed by atoms with Crippen LogP contribution < -0.4 is 15.4 Å². The van der Waals surface area contributed by atoms with Gasteiger partial charge < -0.3 is 20.1 Å². The molecule has 2 amide bonds. The highest BCUT2D eigenvalue weighted by Gasteiger charge is 2.38. The van der Waals surface area contributed by atoms with Crippen LogP contribution in [0.2, 0.25) is 0 Å². The van der Waals surface area contributed by atoms with Crippen LogP contribution >= 0.6 is 0 Å². The van der Waals surface area contributed by atoms with Gasteiger partial charge in [0, 0.05) is 12.1 Å². The predicted molar refractivity (Wildman–Crippen MR) is 152 cm³/mol. The Morgan fingerprint density at radius 2 is 1.72 bits per heavy atom. The minimum absolute atomic E-state index is 0.163. The molecule has 9 nitrogen and oxygen atoms in total. The lowest BCUT2D eigenvalue weighted by molar-refractivity contribution is -0.274. The zero-order chi connectivity index (χ0) is 30.7. The Bertz CT molecular complexity index is 1590. The van der Waals surface area contributed by atoms with E-state index >= 15 is 0 Å². The molecule has 4 aromatic rings. The first kappa shape index (κ1) is 29.8. The molecule has 12 heteroatoms. The summed E-state index contributed by atoms with van der Waals surface area (Å²) in [6.07, 6.45) is -3.74. The van der Waals surface area contributed by atoms with Gasteiger partial charge in [0.25, 0.3) is 0 Å². The standard InChI is InChI=1S/C31H30F3N5O4/c1-18-14-19(2)26(20(3)15-18)25-16-42-29(27(25)40)37-30(41)35-13-12-21-4-6-22(7-5-21)28-36-17-39(38-28)23-8-10-24(11-9-23)43-31(32,33)34/h4-11,14-15,17,25,29H,12-13,16H2,1-3H3,(H2,35,37,41). The second-order valence-corrected chi connectivity index (χ2v) is 10.4. The van der Waals surface area contributed by atoms with E-state index in [0.29, 0.717) is 24.5 Å². The van der Waals surface area contributed by atoms with Crippen molar-refractivity contribution in [3.8, 4) is 22.8 Å². The molecule has 0 radical (unpaired) electrons. The average molecular weight is 594 g/mol. The van der Waals surface area contributed by atoms with Crippen LogP contribution in [0.3, 0.4) is 0 Å². The number of hydrogen-bond donors (Lipinski definition) is 2. The normalized spacial score (nSPS) is 16.7. The monoisotopic (exact) mass is 593 g/mol. The van der Waals surface area contributed by atoms with Gasteiger partial charge in [0.2, 0.25) is 0 Å². The first-order valence-electron chi connectivity index (χ1n) is 13.6. The highest BCUT2D eigenvalue weighted by molar-refractivity contribution is 5.94. The molecule has 2 unspecified atom stereocenters. The van der Waals surface area contributed by atoms with Gasteiger partial charge in [-0.25, -0.2) is 14.5 Å². The molecule has 1 saturated heterocycles. The fraction of sp³-hybridized carbons (Fsp3) is 0.290. The van der Waals surface area contributed by atoms with Crippen LogP contribution in [0.4, 0.5) is 18.0 Å². The van der Waals surface area contributed by atoms with Gasteiger partial charge in [0.05, 0.1) is 18.2 Å². The molecule has 0 bridgehead atoms. The van der Waals surface area contributed by atoms with E-state index in [1.54, 1.807) is 0 Å². The number of nitrogens with zero attached hydrogens (tertiary/aromatic N) is 3. The van der Waals surface area contributed by atoms with Gasteiger partial charge in [-0.2, -0.15) is 0 Å². The molecule has 2 atom stereocenters. The molecule has 2 N–H and O–H groups in total. The number of amides is 2. The number of aryl methyl sites for hydroxylation is 3. The number of rotatable bonds is 8. The molecule has 43 heavy (non-hydrogen) atoms. The number of hydrogen-bond acceptors (Lipinski definition) is 6. The maximum absolute atomic E-state index is 13.0. The summed E-state index contributed by atoms with van der Waals surface area (Å²) in [6.45, 7) is 6.54. The average Bonchev–Trinajstić information content (AvgIpc) is 3.56. The van der Waals surface area contributed by atoms with Gasteiger partial charge >= 0.3 is 12.4 Å². The van der Waals surface area contributed by atoms with Gasteiger partial charge in [0.15, 0.2) is 17.8 Å². The fourth-order valence-electron chi connectivity index (χ4n) is 5.25. The summed E-state index contributed by atoms with van der Waals surface area (Å²) in [5.74, 6) is -0.459. The van der Waals surface area contributed by atoms with Crippen LogP contribution in [-0.2, 0) is 16.0 Å². The van der Waals surface area contributed by atoms with Crippen molar-refractivity contribution >= 4 is 11.8 Å². The van der Waals surface area contributed by atoms with E-state index in [9.17, 15) is 22.8 Å². The SMILES string of the molecule is Cc1cc(C)c(C2COC(NC(=O)NCCc3ccc(-c4ncn(-c5ccc(OC(F)(F)F)cc5)n4)cc3)C2=O)c(C)c1. The van der Waals surface area contributed by atoms with E-state index in [4.69, 9.17) is 4.74 Å². The molecular weight excluding hydrogens is 563 g/mol. The number of carbonyl (C=O) groups is 2. The molecule has 5 rings (SSSR count). The van der Waals surface area contributed by atoms with Crippen molar-refractivity contribution in [2.75, 3.05) is 13.2 Å². The topological polar surface area (TPSA) is 107 Å². The Morgan fingerprint density at radius 1 is 1.05 bits per heavy atom. The summed E-state index contributed by atoms with van der Waals surface area (Å²) in [6, 6.07) is 16.4. The molecule has 0 saturated carbocycles. The molecule has 1 aliphatic heterocycles. The molecule has 1 aliphatic rings. The Balaban J connectivity index is 1.10. The number of aromatic nitrogens is 3. The van der Waals surface area contributed by atoms with Crippen molar-refractivity contribution < 1.29 is 32.2 Å². The third-order valence-electron chi connectivity index (χ3n) is 7.12. The Kier molecular flexibility index (Phi) is 8.49. The number of halogens is 3. The molecule has 3 aromatic carbocycles. The van der Waals surface area contributed by atoms with Gasteiger partial charge in [-0.05, 0) is 73.7 Å². The largest absolute Gasteiger partial charge is 0.573 e. The van der Waals surface area contributed by atoms with E-state index in [0.717, 1.165) is 33.4 Å². The number of nitrogens with one attached hydrogen (secondary N) is 2. The number of ketones is 1. The van der Waals surface area contributed by atoms with Crippen molar-refractivity contribution in [3.63, 3.8) is 0 Å². The van der Waals surface area contributed by atoms with Crippen LogP contribution in [0, 0.1) is 20.8 Å². The van der Waals surface area contributed by atoms with Crippen molar-refractivity contribution in [2.24, 2.45) is 0 Å². The smallest absolute Gasteiger partial charge is 0.406 e. The van der Waals surface area contributed by atoms with E-state index < -0.39 is 24.5 Å². The molecule has 1 fully saturated rings. The molecule has 224 valence electrons. The number of alkyl halides is 3. The summed E-state index contributed by atoms with van der Waals surface area (Å²) < 4.78 is 48.1. The second kappa shape index (κ2) is 12.3. The zero-order valence-electron chi connectivity index (χ0n) is 23.7. The van der Waals surface area contributed by atoms with Crippen molar-refractivity contribution in [3.05, 3.63) is 94.8 Å². The highest BCUT2D eigenvalue weighted by atomic mass is 19.4. The number of urea groups is 1. The van der Waals surface area contributed by atoms with E-state index in [1.807, 2.05) is 57.2 Å². The first-order chi connectivity index (χ1) is 20.5. The third-order valence-corrected chi connectivity index (χ3v) is 7.12. The Hall–Kier alpha value is -4.71. The predicted octanol–water partition coefficient (Wildman–Crippen LogP) is 5.31. The van der Waals surface area contributed by atoms with Gasteiger partial charge in [-0.15, -0.1) is 18.3 Å². The zero-order valence-corrected chi connectivity index (χ0v) is 23.7. The molecule has 2 heterocycles. The molecular formula is C31H30F3N5O4. The molecule has 0 aliphatic carbocycles. The lowest BCUT2D eigenvalue weighted by Gasteiger charge is -2.16. The number of ether oxygens (including phenoxy) is 2. The maximum Gasteiger partial charge on any atom is 0.573 e. The van der Waals surface area contributed by atoms with Gasteiger partial charge in [0.1, 0.15) is 12.1 Å². The van der Waals surface area contributed by atoms with Crippen LogP contribution in [0.5, 0.6) is 5.75 Å². The van der Waals surface area contributed by atoms with Gasteiger partial charge in [-0.1, -0.05) is 42.0 Å². The van der Waals surface area contributed by atoms with Crippen molar-refractivity contribution in [1.29, 1.82) is 0 Å². The first-order valence-corrected chi connectivity index (χ1v) is 13.6. The summed E-state index contributed by atoms with van der Waals surface area (Å²) in [4.78, 5) is 29.7. The summed E-state index contributed by atoms with van der Waals surface area (Å²) in [7, 11) is 0. The number of carbonyl (C=O) groups excluding carboxylic acids is 2. The maximum atomic E-state index is 13.0. The summed E-state index contributed by atoms with van der Waals surface area (Å²) >= 11 is 0. The van der Waals surface area contributed by atoms with E-state index in [2.05, 4.69) is 25.5 Å². The highest BCUT2D eigenvalue weighted by Crippen LogP contribution is 2.31. The number of benzene rings is 3. The minimum atomic E-state index is -4.76. The van der Waals surface area contributed by atoms with Crippen LogP contribution in [0.1, 0.15) is 33.7 Å². The van der Waals surface area contributed by atoms with Crippen LogP contribution in [0.25, 0.3) is 17.1 Å². The van der Waals surface area contributed by atoms with Crippen LogP contribution in [0.15, 0.2) is 67.0 Å². The fourth-order valence-corrected chi connectivity index (χ4v) is 5.25. The van der Waals surface area contributed by atoms with E-state index in [1.165, 1.54) is 35.3 Å². The lowest BCUT2D eigenvalue weighted by Crippen LogP contribution is -2.45. The Morgan fingerprint density at radius 3 is 2.37 bits per heavy atom. The summed E-state index contributed by atoms with van der Waals surface area (Å²) in [5.41, 5.74) is 6.39. The second-order valence-electron chi connectivity index (χ2n) is 10.4. The van der Waals surface area contributed by atoms with Gasteiger partial charge in [-0.3, -0.25) is 4.79 Å². The Labute approximate surface area is 246 Å². The third kappa shape index (κ3) is 7.20. The van der Waals surface area contributed by atoms with E-state index in [-0.39, 0.29) is 18.1 Å².